The number of amides is 1. The second kappa shape index (κ2) is 12.1. The van der Waals surface area contributed by atoms with Gasteiger partial charge in [0, 0.05) is 50.4 Å². The summed E-state index contributed by atoms with van der Waals surface area (Å²) >= 11 is 0. The van der Waals surface area contributed by atoms with E-state index in [1.807, 2.05) is 35.2 Å². The van der Waals surface area contributed by atoms with Crippen LogP contribution in [-0.2, 0) is 0 Å². The number of hydrogen-bond donors (Lipinski definition) is 1. The van der Waals surface area contributed by atoms with E-state index in [1.54, 1.807) is 49.4 Å². The lowest BCUT2D eigenvalue weighted by atomic mass is 10.0. The van der Waals surface area contributed by atoms with Gasteiger partial charge in [0.25, 0.3) is 5.91 Å². The molecule has 4 aromatic rings. The molecule has 214 valence electrons. The van der Waals surface area contributed by atoms with Crippen LogP contribution in [0, 0.1) is 6.92 Å². The molecule has 1 N–H and O–H groups in total. The fourth-order valence-corrected chi connectivity index (χ4v) is 4.99. The molecule has 0 unspecified atom stereocenters. The number of carbonyl (C=O) groups excluding carboxylic acids is 1. The van der Waals surface area contributed by atoms with Crippen LogP contribution >= 0.6 is 0 Å². The molecule has 0 spiro atoms. The SMILES string of the molecule is Cc1c(-c2ccccc2)oc2c(C(=O)NCCN3CCN(c4ccccc4OCC(F)(F)F)CC3)cccc2c1=O. The summed E-state index contributed by atoms with van der Waals surface area (Å²) in [5.41, 5.74) is 2.23. The van der Waals surface area contributed by atoms with Crippen molar-refractivity contribution in [3.63, 3.8) is 0 Å². The van der Waals surface area contributed by atoms with Crippen LogP contribution < -0.4 is 20.4 Å². The van der Waals surface area contributed by atoms with E-state index in [0.717, 1.165) is 5.56 Å². The third-order valence-corrected chi connectivity index (χ3v) is 7.11. The first-order chi connectivity index (χ1) is 19.7. The number of para-hydroxylation sites is 3. The van der Waals surface area contributed by atoms with Crippen LogP contribution in [0.3, 0.4) is 0 Å². The second-order valence-corrected chi connectivity index (χ2v) is 9.89. The Morgan fingerprint density at radius 3 is 2.39 bits per heavy atom. The van der Waals surface area contributed by atoms with Crippen LogP contribution in [0.4, 0.5) is 18.9 Å². The Balaban J connectivity index is 1.20. The van der Waals surface area contributed by atoms with Gasteiger partial charge in [0.15, 0.2) is 17.6 Å². The lowest BCUT2D eigenvalue weighted by Gasteiger charge is -2.36. The minimum atomic E-state index is -4.41. The Labute approximate surface area is 235 Å². The first kappa shape index (κ1) is 28.2. The highest BCUT2D eigenvalue weighted by molar-refractivity contribution is 6.05. The number of benzene rings is 3. The van der Waals surface area contributed by atoms with Gasteiger partial charge in [-0.2, -0.15) is 13.2 Å². The van der Waals surface area contributed by atoms with Gasteiger partial charge in [0.2, 0.25) is 0 Å². The number of ether oxygens (including phenoxy) is 1. The number of rotatable bonds is 8. The van der Waals surface area contributed by atoms with Crippen LogP contribution in [0.25, 0.3) is 22.3 Å². The molecular formula is C31H30F3N3O4. The van der Waals surface area contributed by atoms with Gasteiger partial charge in [-0.1, -0.05) is 48.5 Å². The average molecular weight is 566 g/mol. The zero-order valence-corrected chi connectivity index (χ0v) is 22.5. The molecule has 0 bridgehead atoms. The fraction of sp³-hybridized carbons (Fsp3) is 0.290. The summed E-state index contributed by atoms with van der Waals surface area (Å²) in [6.45, 7) is 3.91. The number of carbonyl (C=O) groups is 1. The minimum Gasteiger partial charge on any atom is -0.482 e. The van der Waals surface area contributed by atoms with E-state index in [1.165, 1.54) is 0 Å². The van der Waals surface area contributed by atoms with Crippen molar-refractivity contribution < 1.29 is 27.1 Å². The van der Waals surface area contributed by atoms with Crippen molar-refractivity contribution in [2.45, 2.75) is 13.1 Å². The zero-order chi connectivity index (χ0) is 29.0. The van der Waals surface area contributed by atoms with Crippen molar-refractivity contribution >= 4 is 22.6 Å². The summed E-state index contributed by atoms with van der Waals surface area (Å²) in [5, 5.41) is 3.28. The van der Waals surface area contributed by atoms with Gasteiger partial charge < -0.3 is 19.4 Å². The van der Waals surface area contributed by atoms with E-state index in [2.05, 4.69) is 10.2 Å². The van der Waals surface area contributed by atoms with Crippen molar-refractivity contribution in [1.29, 1.82) is 0 Å². The molecule has 0 aliphatic carbocycles. The third kappa shape index (κ3) is 6.54. The predicted molar refractivity (Wildman–Crippen MR) is 152 cm³/mol. The quantitative estimate of drug-likeness (QED) is 0.314. The Kier molecular flexibility index (Phi) is 8.30. The van der Waals surface area contributed by atoms with E-state index in [-0.39, 0.29) is 28.2 Å². The summed E-state index contributed by atoms with van der Waals surface area (Å²) in [5.74, 6) is 0.306. The molecule has 7 nitrogen and oxygen atoms in total. The molecule has 1 fully saturated rings. The molecule has 0 saturated carbocycles. The highest BCUT2D eigenvalue weighted by Crippen LogP contribution is 2.31. The standard InChI is InChI=1S/C31H30F3N3O4/c1-21-27(38)23-10-7-11-24(29(23)41-28(21)22-8-3-2-4-9-22)30(39)35-14-15-36-16-18-37(19-17-36)25-12-5-6-13-26(25)40-20-31(32,33)34/h2-13H,14-20H2,1H3,(H,35,39). The Bertz CT molecular complexity index is 1580. The lowest BCUT2D eigenvalue weighted by molar-refractivity contribution is -0.153. The van der Waals surface area contributed by atoms with Gasteiger partial charge in [0.05, 0.1) is 16.6 Å². The van der Waals surface area contributed by atoms with Crippen LogP contribution in [-0.4, -0.2) is 62.9 Å². The van der Waals surface area contributed by atoms with E-state index in [0.29, 0.717) is 61.7 Å². The number of fused-ring (bicyclic) bond motifs is 1. The van der Waals surface area contributed by atoms with Gasteiger partial charge in [-0.25, -0.2) is 0 Å². The molecule has 5 rings (SSSR count). The monoisotopic (exact) mass is 565 g/mol. The molecule has 1 saturated heterocycles. The molecule has 0 radical (unpaired) electrons. The number of anilines is 1. The Hall–Kier alpha value is -4.31. The summed E-state index contributed by atoms with van der Waals surface area (Å²) < 4.78 is 49.2. The summed E-state index contributed by atoms with van der Waals surface area (Å²) in [4.78, 5) is 30.4. The number of nitrogens with one attached hydrogen (secondary N) is 1. The molecule has 10 heteroatoms. The van der Waals surface area contributed by atoms with Gasteiger partial charge in [-0.3, -0.25) is 14.5 Å². The van der Waals surface area contributed by atoms with E-state index in [4.69, 9.17) is 9.15 Å². The summed E-state index contributed by atoms with van der Waals surface area (Å²) in [7, 11) is 0. The molecule has 41 heavy (non-hydrogen) atoms. The Morgan fingerprint density at radius 2 is 1.66 bits per heavy atom. The fourth-order valence-electron chi connectivity index (χ4n) is 4.99. The first-order valence-electron chi connectivity index (χ1n) is 13.4. The van der Waals surface area contributed by atoms with Crippen molar-refractivity contribution in [2.24, 2.45) is 0 Å². The van der Waals surface area contributed by atoms with Crippen LogP contribution in [0.1, 0.15) is 15.9 Å². The summed E-state index contributed by atoms with van der Waals surface area (Å²) in [6.07, 6.45) is -4.41. The number of halogens is 3. The largest absolute Gasteiger partial charge is 0.482 e. The number of nitrogens with zero attached hydrogens (tertiary/aromatic N) is 2. The maximum absolute atomic E-state index is 13.2. The van der Waals surface area contributed by atoms with E-state index in [9.17, 15) is 22.8 Å². The molecule has 2 heterocycles. The van der Waals surface area contributed by atoms with Gasteiger partial charge in [0.1, 0.15) is 11.5 Å². The average Bonchev–Trinajstić information content (AvgIpc) is 2.98. The highest BCUT2D eigenvalue weighted by Gasteiger charge is 2.29. The smallest absolute Gasteiger partial charge is 0.422 e. The van der Waals surface area contributed by atoms with Crippen molar-refractivity contribution in [2.75, 3.05) is 50.8 Å². The summed E-state index contributed by atoms with van der Waals surface area (Å²) in [6, 6.07) is 21.0. The lowest BCUT2D eigenvalue weighted by Crippen LogP contribution is -2.48. The highest BCUT2D eigenvalue weighted by atomic mass is 19.4. The van der Waals surface area contributed by atoms with Gasteiger partial charge in [-0.15, -0.1) is 0 Å². The molecule has 0 atom stereocenters. The topological polar surface area (TPSA) is 75.0 Å². The van der Waals surface area contributed by atoms with Gasteiger partial charge >= 0.3 is 6.18 Å². The van der Waals surface area contributed by atoms with Crippen LogP contribution in [0.15, 0.2) is 82.0 Å². The number of alkyl halides is 3. The third-order valence-electron chi connectivity index (χ3n) is 7.11. The normalized spacial score (nSPS) is 14.3. The molecule has 3 aromatic carbocycles. The maximum atomic E-state index is 13.2. The van der Waals surface area contributed by atoms with Crippen LogP contribution in [0.2, 0.25) is 0 Å². The van der Waals surface area contributed by atoms with Crippen molar-refractivity contribution in [3.05, 3.63) is 94.1 Å². The van der Waals surface area contributed by atoms with E-state index >= 15 is 0 Å². The van der Waals surface area contributed by atoms with Crippen LogP contribution in [0.5, 0.6) is 5.75 Å². The number of piperazine rings is 1. The second-order valence-electron chi connectivity index (χ2n) is 9.89. The molecule has 1 amide bonds. The predicted octanol–water partition coefficient (Wildman–Crippen LogP) is 5.26. The molecule has 1 aromatic heterocycles. The molecule has 1 aliphatic rings. The number of hydrogen-bond acceptors (Lipinski definition) is 6. The van der Waals surface area contributed by atoms with Crippen molar-refractivity contribution in [3.8, 4) is 17.1 Å². The first-order valence-corrected chi connectivity index (χ1v) is 13.4. The maximum Gasteiger partial charge on any atom is 0.422 e. The van der Waals surface area contributed by atoms with Crippen molar-refractivity contribution in [1.82, 2.24) is 10.2 Å². The molecule has 1 aliphatic heterocycles. The van der Waals surface area contributed by atoms with Gasteiger partial charge in [-0.05, 0) is 31.2 Å². The minimum absolute atomic E-state index is 0.178. The van der Waals surface area contributed by atoms with E-state index < -0.39 is 12.8 Å². The molecular weight excluding hydrogens is 535 g/mol. The Morgan fingerprint density at radius 1 is 0.951 bits per heavy atom. The zero-order valence-electron chi connectivity index (χ0n) is 22.5.